The highest BCUT2D eigenvalue weighted by atomic mass is 19.1. The molecule has 0 saturated heterocycles. The van der Waals surface area contributed by atoms with Crippen LogP contribution in [0, 0.1) is 31.6 Å². The Labute approximate surface area is 207 Å². The largest absolute Gasteiger partial charge is 0.372 e. The van der Waals surface area contributed by atoms with Crippen molar-refractivity contribution in [1.82, 2.24) is 0 Å². The predicted molar refractivity (Wildman–Crippen MR) is 142 cm³/mol. The minimum Gasteiger partial charge on any atom is -0.372 e. The number of oxime groups is 1. The number of hydrogen-bond acceptors (Lipinski definition) is 4. The van der Waals surface area contributed by atoms with Gasteiger partial charge in [-0.3, -0.25) is 0 Å². The van der Waals surface area contributed by atoms with E-state index in [-0.39, 0.29) is 6.42 Å². The predicted octanol–water partition coefficient (Wildman–Crippen LogP) is 6.31. The maximum atomic E-state index is 12.8. The van der Waals surface area contributed by atoms with Crippen LogP contribution >= 0.6 is 0 Å². The molecule has 0 atom stereocenters. The van der Waals surface area contributed by atoms with Gasteiger partial charge in [-0.05, 0) is 48.3 Å². The normalized spacial score (nSPS) is 11.1. The molecule has 5 heteroatoms. The van der Waals surface area contributed by atoms with Crippen LogP contribution in [0.15, 0.2) is 78.0 Å². The number of halogens is 1. The molecule has 0 saturated carbocycles. The third-order valence-corrected chi connectivity index (χ3v) is 4.75. The molecule has 2 rings (SSSR count). The van der Waals surface area contributed by atoms with Gasteiger partial charge in [-0.25, -0.2) is 4.39 Å². The number of benzene rings is 2. The summed E-state index contributed by atoms with van der Waals surface area (Å²) in [4.78, 5) is 16.0. The van der Waals surface area contributed by atoms with Crippen molar-refractivity contribution in [3.8, 4) is 35.8 Å². The number of aryl methyl sites for hydroxylation is 1. The quantitative estimate of drug-likeness (QED) is 0.102. The molecule has 4 nitrogen and oxygen atoms in total. The van der Waals surface area contributed by atoms with Gasteiger partial charge in [0.2, 0.25) is 0 Å². The second kappa shape index (κ2) is 16.4. The summed E-state index contributed by atoms with van der Waals surface area (Å²) in [6.45, 7) is 7.39. The highest BCUT2D eigenvalue weighted by Gasteiger charge is 2.10. The van der Waals surface area contributed by atoms with Crippen LogP contribution < -0.4 is 0 Å². The van der Waals surface area contributed by atoms with E-state index in [0.29, 0.717) is 23.7 Å². The molecule has 2 aromatic rings. The lowest BCUT2D eigenvalue weighted by atomic mass is 9.94. The number of hydrogen-bond donors (Lipinski definition) is 0. The molecule has 0 aliphatic rings. The van der Waals surface area contributed by atoms with Gasteiger partial charge in [-0.15, -0.1) is 12.8 Å². The Balaban J connectivity index is 0.00000298. The number of aldehydes is 1. The number of carbonyl (C=O) groups excluding carboxylic acids is 1. The molecule has 0 spiro atoms. The van der Waals surface area contributed by atoms with E-state index in [2.05, 4.69) is 55.5 Å². The lowest BCUT2D eigenvalue weighted by molar-refractivity contribution is -0.107. The molecule has 0 aliphatic carbocycles. The summed E-state index contributed by atoms with van der Waals surface area (Å²) in [6.07, 6.45) is 13.6. The van der Waals surface area contributed by atoms with Crippen LogP contribution in [0.5, 0.6) is 0 Å². The maximum absolute atomic E-state index is 12.8. The maximum Gasteiger partial charge on any atom is 0.158 e. The summed E-state index contributed by atoms with van der Waals surface area (Å²) in [7, 11) is 1.60. The van der Waals surface area contributed by atoms with Crippen LogP contribution in [0.2, 0.25) is 0 Å². The molecule has 0 N–H and O–H groups in total. The van der Waals surface area contributed by atoms with Crippen molar-refractivity contribution in [1.29, 1.82) is 0 Å². The number of nitrogens with zero attached hydrogens (tertiary/aromatic N) is 1. The van der Waals surface area contributed by atoms with Gasteiger partial charge in [0.25, 0.3) is 0 Å². The van der Waals surface area contributed by atoms with Crippen LogP contribution in [0.25, 0.3) is 16.9 Å². The number of allylic oxidation sites excluding steroid dienone is 4. The number of terminal acetylenes is 1. The van der Waals surface area contributed by atoms with Crippen LogP contribution in [-0.4, -0.2) is 32.4 Å². The summed E-state index contributed by atoms with van der Waals surface area (Å²) in [5, 5.41) is 4.08. The molecule has 0 amide bonds. The highest BCUT2D eigenvalue weighted by molar-refractivity contribution is 6.00. The summed E-state index contributed by atoms with van der Waals surface area (Å²) < 4.78 is 17.9. The van der Waals surface area contributed by atoms with E-state index in [1.807, 2.05) is 30.3 Å². The molecule has 0 unspecified atom stereocenters. The second-order valence-electron chi connectivity index (χ2n) is 7.12. The van der Waals surface area contributed by atoms with Gasteiger partial charge in [0.15, 0.2) is 5.76 Å². The van der Waals surface area contributed by atoms with Crippen molar-refractivity contribution in [3.63, 3.8) is 0 Å². The van der Waals surface area contributed by atoms with E-state index >= 15 is 0 Å². The molecule has 0 bridgehead atoms. The van der Waals surface area contributed by atoms with Crippen molar-refractivity contribution in [3.05, 3.63) is 89.5 Å². The fourth-order valence-corrected chi connectivity index (χ4v) is 3.03. The fraction of sp³-hybridized carbons (Fsp3) is 0.200. The average molecular weight is 472 g/mol. The monoisotopic (exact) mass is 471 g/mol. The Morgan fingerprint density at radius 2 is 1.94 bits per heavy atom. The van der Waals surface area contributed by atoms with Gasteiger partial charge in [0.1, 0.15) is 19.6 Å². The highest BCUT2D eigenvalue weighted by Crippen LogP contribution is 2.29. The summed E-state index contributed by atoms with van der Waals surface area (Å²) in [6, 6.07) is 13.9. The van der Waals surface area contributed by atoms with Gasteiger partial charge in [-0.2, -0.15) is 0 Å². The zero-order valence-corrected chi connectivity index (χ0v) is 20.4. The molecule has 0 aliphatic heterocycles. The summed E-state index contributed by atoms with van der Waals surface area (Å²) >= 11 is 0. The zero-order chi connectivity index (χ0) is 26.1. The first kappa shape index (κ1) is 28.8. The topological polar surface area (TPSA) is 47.9 Å². The summed E-state index contributed by atoms with van der Waals surface area (Å²) in [5.41, 5.74) is 5.78. The summed E-state index contributed by atoms with van der Waals surface area (Å²) in [5.74, 6) is 6.50. The van der Waals surface area contributed by atoms with Crippen molar-refractivity contribution >= 4 is 17.8 Å². The van der Waals surface area contributed by atoms with E-state index in [4.69, 9.17) is 9.57 Å². The van der Waals surface area contributed by atoms with Gasteiger partial charge in [0.05, 0.1) is 5.71 Å². The van der Waals surface area contributed by atoms with Crippen molar-refractivity contribution in [2.75, 3.05) is 20.4 Å². The van der Waals surface area contributed by atoms with E-state index in [0.717, 1.165) is 34.1 Å². The van der Waals surface area contributed by atoms with Crippen molar-refractivity contribution in [2.24, 2.45) is 5.16 Å². The molecule has 35 heavy (non-hydrogen) atoms. The average Bonchev–Trinajstić information content (AvgIpc) is 2.88. The molecule has 180 valence electrons. The molecule has 0 fully saturated rings. The molecule has 0 aromatic heterocycles. The number of methoxy groups -OCH3 is 1. The van der Waals surface area contributed by atoms with E-state index in [1.54, 1.807) is 26.2 Å². The molecular formula is C30H30FNO3. The third kappa shape index (κ3) is 9.29. The lowest BCUT2D eigenvalue weighted by Crippen LogP contribution is -1.98. The van der Waals surface area contributed by atoms with Gasteiger partial charge >= 0.3 is 0 Å². The zero-order valence-electron chi connectivity index (χ0n) is 20.4. The first-order chi connectivity index (χ1) is 17.0. The standard InChI is InChI=1S/C28H28FNO3.C2H2/c1-21-10-5-6-13-27(21)28-15-14-25(20-26(28)12-9-19-32-4)23(3)33-30-22(2)24(16-17-29)11-7-8-18-31;1-2/h5-7,10-11,13-16,18,20H,3,8,17,19H2,1-2,4H3;1-2H/b11-7-,24-16+,30-22+;. The SMILES string of the molecule is C#C.C=C(O/N=C(C)/C(/C=C\CC=O)=C/CF)c1ccc(-c2ccccc2C)c(C#CCOC)c1. The van der Waals surface area contributed by atoms with Crippen LogP contribution in [0.4, 0.5) is 4.39 Å². The minimum atomic E-state index is -0.654. The van der Waals surface area contributed by atoms with Crippen LogP contribution in [0.3, 0.4) is 0 Å². The van der Waals surface area contributed by atoms with Crippen molar-refractivity contribution < 1.29 is 18.8 Å². The van der Waals surface area contributed by atoms with Crippen LogP contribution in [-0.2, 0) is 14.4 Å². The van der Waals surface area contributed by atoms with Gasteiger partial charge in [-0.1, -0.05) is 72.1 Å². The fourth-order valence-electron chi connectivity index (χ4n) is 3.03. The number of alkyl halides is 1. The Bertz CT molecular complexity index is 1180. The van der Waals surface area contributed by atoms with E-state index in [1.165, 1.54) is 6.08 Å². The molecule has 0 radical (unpaired) electrons. The molecular weight excluding hydrogens is 441 g/mol. The molecule has 2 aromatic carbocycles. The number of rotatable bonds is 10. The van der Waals surface area contributed by atoms with Crippen molar-refractivity contribution in [2.45, 2.75) is 20.3 Å². The number of carbonyl (C=O) groups is 1. The first-order valence-electron chi connectivity index (χ1n) is 10.8. The third-order valence-electron chi connectivity index (χ3n) is 4.75. The Morgan fingerprint density at radius 3 is 2.60 bits per heavy atom. The van der Waals surface area contributed by atoms with E-state index in [9.17, 15) is 9.18 Å². The van der Waals surface area contributed by atoms with Gasteiger partial charge in [0, 0.05) is 24.7 Å². The first-order valence-corrected chi connectivity index (χ1v) is 10.8. The lowest BCUT2D eigenvalue weighted by Gasteiger charge is -2.11. The Hall–Kier alpha value is -4.19. The Morgan fingerprint density at radius 1 is 1.20 bits per heavy atom. The second-order valence-corrected chi connectivity index (χ2v) is 7.12. The van der Waals surface area contributed by atoms with Crippen LogP contribution in [0.1, 0.15) is 30.0 Å². The number of ether oxygens (including phenoxy) is 1. The Kier molecular flexibility index (Phi) is 13.5. The minimum absolute atomic E-state index is 0.241. The van der Waals surface area contributed by atoms with E-state index < -0.39 is 6.67 Å². The smallest absolute Gasteiger partial charge is 0.158 e. The van der Waals surface area contributed by atoms with Gasteiger partial charge < -0.3 is 14.4 Å². The molecule has 0 heterocycles.